The van der Waals surface area contributed by atoms with E-state index in [1.807, 2.05) is 20.8 Å². The number of carbonyl (C=O) groups excluding carboxylic acids is 1. The maximum absolute atomic E-state index is 11.2. The average molecular weight is 185 g/mol. The quantitative estimate of drug-likeness (QED) is 0.424. The van der Waals surface area contributed by atoms with Gasteiger partial charge < -0.3 is 10.2 Å². The molecule has 0 radical (unpaired) electrons. The van der Waals surface area contributed by atoms with Gasteiger partial charge in [0.05, 0.1) is 18.4 Å². The fourth-order valence-corrected chi connectivity index (χ4v) is 1.39. The number of rotatable bonds is 0. The Balaban J connectivity index is 2.92. The van der Waals surface area contributed by atoms with Crippen LogP contribution in [0, 0.1) is 0 Å². The van der Waals surface area contributed by atoms with Crippen molar-refractivity contribution in [1.29, 1.82) is 0 Å². The minimum absolute atomic E-state index is 0.0786. The molecule has 1 atom stereocenters. The third kappa shape index (κ3) is 1.73. The van der Waals surface area contributed by atoms with Crippen LogP contribution in [0.5, 0.6) is 0 Å². The Hall–Kier alpha value is -0.870. The number of Topliss-reactive ketones (excluding diaryl/α,β-unsaturated/α-hetero) is 1. The van der Waals surface area contributed by atoms with Gasteiger partial charge in [-0.1, -0.05) is 0 Å². The highest BCUT2D eigenvalue weighted by atomic mass is 16.3. The molecule has 0 spiro atoms. The molecule has 0 amide bonds. The van der Waals surface area contributed by atoms with Crippen LogP contribution in [-0.4, -0.2) is 39.2 Å². The lowest BCUT2D eigenvalue weighted by molar-refractivity contribution is -0.115. The van der Waals surface area contributed by atoms with E-state index in [0.29, 0.717) is 6.26 Å². The van der Waals surface area contributed by atoms with Gasteiger partial charge in [-0.15, -0.1) is 0 Å². The number of ketones is 1. The van der Waals surface area contributed by atoms with E-state index < -0.39 is 6.23 Å². The summed E-state index contributed by atoms with van der Waals surface area (Å²) in [4.78, 5) is 12.9. The summed E-state index contributed by atoms with van der Waals surface area (Å²) in [6.45, 7) is 5.88. The van der Waals surface area contributed by atoms with Crippen molar-refractivity contribution in [2.75, 3.05) is 6.54 Å². The third-order valence-corrected chi connectivity index (χ3v) is 2.21. The minimum Gasteiger partial charge on any atom is -0.515 e. The van der Waals surface area contributed by atoms with E-state index >= 15 is 0 Å². The molecule has 1 saturated heterocycles. The normalized spacial score (nSPS) is 28.8. The molecule has 4 heteroatoms. The monoisotopic (exact) mass is 185 g/mol. The van der Waals surface area contributed by atoms with Gasteiger partial charge in [-0.05, 0) is 20.8 Å². The number of hydrogen-bond donors (Lipinski definition) is 2. The highest BCUT2D eigenvalue weighted by Crippen LogP contribution is 2.26. The van der Waals surface area contributed by atoms with Crippen LogP contribution in [0.1, 0.15) is 20.8 Å². The molecule has 0 aromatic heterocycles. The van der Waals surface area contributed by atoms with E-state index in [9.17, 15) is 9.90 Å². The predicted molar refractivity (Wildman–Crippen MR) is 48.2 cm³/mol. The van der Waals surface area contributed by atoms with E-state index in [2.05, 4.69) is 0 Å². The molecule has 1 aliphatic heterocycles. The van der Waals surface area contributed by atoms with E-state index in [4.69, 9.17) is 5.11 Å². The molecule has 0 bridgehead atoms. The van der Waals surface area contributed by atoms with E-state index in [1.165, 1.54) is 0 Å². The summed E-state index contributed by atoms with van der Waals surface area (Å²) < 4.78 is 0. The first kappa shape index (κ1) is 10.2. The van der Waals surface area contributed by atoms with Crippen LogP contribution >= 0.6 is 0 Å². The highest BCUT2D eigenvalue weighted by Gasteiger charge is 2.40. The van der Waals surface area contributed by atoms with Gasteiger partial charge in [-0.2, -0.15) is 0 Å². The van der Waals surface area contributed by atoms with Crippen molar-refractivity contribution in [2.45, 2.75) is 32.5 Å². The fraction of sp³-hybridized carbons (Fsp3) is 0.667. The lowest BCUT2D eigenvalue weighted by Crippen LogP contribution is -2.44. The maximum Gasteiger partial charge on any atom is 0.180 e. The standard InChI is InChI=1S/C9H15NO3/c1-9(2,3)10-4-7(12)6(5-11)8(10)13/h5,8,11,13H,4H2,1-3H3/b6-5-. The van der Waals surface area contributed by atoms with Crippen molar-refractivity contribution >= 4 is 5.78 Å². The second-order valence-electron chi connectivity index (χ2n) is 4.18. The summed E-state index contributed by atoms with van der Waals surface area (Å²) >= 11 is 0. The zero-order chi connectivity index (χ0) is 10.2. The summed E-state index contributed by atoms with van der Waals surface area (Å²) in [6.07, 6.45) is -0.281. The number of carbonyl (C=O) groups is 1. The van der Waals surface area contributed by atoms with Gasteiger partial charge in [-0.25, -0.2) is 0 Å². The number of aliphatic hydroxyl groups is 2. The highest BCUT2D eigenvalue weighted by molar-refractivity contribution is 5.99. The molecule has 13 heavy (non-hydrogen) atoms. The van der Waals surface area contributed by atoms with Crippen molar-refractivity contribution in [3.05, 3.63) is 11.8 Å². The Bertz CT molecular complexity index is 252. The van der Waals surface area contributed by atoms with Crippen molar-refractivity contribution < 1.29 is 15.0 Å². The van der Waals surface area contributed by atoms with E-state index in [0.717, 1.165) is 0 Å². The summed E-state index contributed by atoms with van der Waals surface area (Å²) in [5, 5.41) is 18.4. The second-order valence-corrected chi connectivity index (χ2v) is 4.18. The first-order valence-corrected chi connectivity index (χ1v) is 4.20. The Labute approximate surface area is 77.5 Å². The first-order valence-electron chi connectivity index (χ1n) is 4.20. The Morgan fingerprint density at radius 3 is 2.31 bits per heavy atom. The summed E-state index contributed by atoms with van der Waals surface area (Å²) in [5.74, 6) is -0.218. The van der Waals surface area contributed by atoms with Crippen molar-refractivity contribution in [1.82, 2.24) is 4.90 Å². The molecule has 1 unspecified atom stereocenters. The number of nitrogens with zero attached hydrogens (tertiary/aromatic N) is 1. The number of aliphatic hydroxyl groups excluding tert-OH is 2. The Kier molecular flexibility index (Phi) is 2.45. The molecule has 1 fully saturated rings. The van der Waals surface area contributed by atoms with Gasteiger partial charge in [0.15, 0.2) is 5.78 Å². The zero-order valence-corrected chi connectivity index (χ0v) is 8.11. The summed E-state index contributed by atoms with van der Waals surface area (Å²) in [5.41, 5.74) is -0.199. The molecule has 0 aromatic carbocycles. The van der Waals surface area contributed by atoms with Crippen LogP contribution < -0.4 is 0 Å². The van der Waals surface area contributed by atoms with E-state index in [1.54, 1.807) is 4.90 Å². The largest absolute Gasteiger partial charge is 0.515 e. The Morgan fingerprint density at radius 1 is 1.54 bits per heavy atom. The van der Waals surface area contributed by atoms with Crippen LogP contribution in [0.25, 0.3) is 0 Å². The molecule has 74 valence electrons. The van der Waals surface area contributed by atoms with Crippen LogP contribution in [0.15, 0.2) is 11.8 Å². The number of hydrogen-bond acceptors (Lipinski definition) is 4. The molecular formula is C9H15NO3. The third-order valence-electron chi connectivity index (χ3n) is 2.21. The first-order chi connectivity index (χ1) is 5.88. The van der Waals surface area contributed by atoms with Crippen molar-refractivity contribution in [3.8, 4) is 0 Å². The fourth-order valence-electron chi connectivity index (χ4n) is 1.39. The second kappa shape index (κ2) is 3.12. The van der Waals surface area contributed by atoms with Gasteiger partial charge in [0.25, 0.3) is 0 Å². The smallest absolute Gasteiger partial charge is 0.180 e. The molecule has 2 N–H and O–H groups in total. The van der Waals surface area contributed by atoms with Crippen LogP contribution in [0.4, 0.5) is 0 Å². The molecule has 1 rings (SSSR count). The van der Waals surface area contributed by atoms with Gasteiger partial charge >= 0.3 is 0 Å². The van der Waals surface area contributed by atoms with Gasteiger partial charge in [0, 0.05) is 5.54 Å². The van der Waals surface area contributed by atoms with Crippen LogP contribution in [0.3, 0.4) is 0 Å². The predicted octanol–water partition coefficient (Wildman–Crippen LogP) is 0.430. The lowest BCUT2D eigenvalue weighted by atomic mass is 10.1. The van der Waals surface area contributed by atoms with Crippen LogP contribution in [-0.2, 0) is 4.79 Å². The van der Waals surface area contributed by atoms with Crippen molar-refractivity contribution in [2.24, 2.45) is 0 Å². The topological polar surface area (TPSA) is 60.8 Å². The average Bonchev–Trinajstić information content (AvgIpc) is 2.25. The summed E-state index contributed by atoms with van der Waals surface area (Å²) in [6, 6.07) is 0. The molecule has 0 aromatic rings. The molecule has 0 aliphatic carbocycles. The Morgan fingerprint density at radius 2 is 2.08 bits per heavy atom. The molecule has 1 heterocycles. The molecule has 4 nitrogen and oxygen atoms in total. The zero-order valence-electron chi connectivity index (χ0n) is 8.11. The lowest BCUT2D eigenvalue weighted by Gasteiger charge is -2.33. The number of likely N-dealkylation sites (tertiary alicyclic amines) is 1. The van der Waals surface area contributed by atoms with Gasteiger partial charge in [-0.3, -0.25) is 9.69 Å². The van der Waals surface area contributed by atoms with Gasteiger partial charge in [0.2, 0.25) is 0 Å². The van der Waals surface area contributed by atoms with Gasteiger partial charge in [0.1, 0.15) is 6.23 Å². The summed E-state index contributed by atoms with van der Waals surface area (Å²) in [7, 11) is 0. The minimum atomic E-state index is -0.975. The molecule has 0 saturated carbocycles. The van der Waals surface area contributed by atoms with Crippen LogP contribution in [0.2, 0.25) is 0 Å². The van der Waals surface area contributed by atoms with E-state index in [-0.39, 0.29) is 23.4 Å². The molecule has 1 aliphatic rings. The molecular weight excluding hydrogens is 170 g/mol. The SMILES string of the molecule is CC(C)(C)N1CC(=O)/C(=C/O)C1O. The van der Waals surface area contributed by atoms with Crippen molar-refractivity contribution in [3.63, 3.8) is 0 Å². The maximum atomic E-state index is 11.2.